The molecule has 0 atom stereocenters. The summed E-state index contributed by atoms with van der Waals surface area (Å²) in [6.45, 7) is 0. The normalized spacial score (nSPS) is 9.31. The Kier molecular flexibility index (Phi) is 3.15. The molecular weight excluding hydrogens is 212 g/mol. The van der Waals surface area contributed by atoms with E-state index in [4.69, 9.17) is 5.39 Å². The fourth-order valence-electron chi connectivity index (χ4n) is 1.20. The molecule has 0 unspecified atom stereocenters. The van der Waals surface area contributed by atoms with E-state index < -0.39 is 16.5 Å². The van der Waals surface area contributed by atoms with Crippen molar-refractivity contribution in [1.29, 1.82) is 5.39 Å². The van der Waals surface area contributed by atoms with Crippen molar-refractivity contribution in [2.75, 3.05) is 14.1 Å². The van der Waals surface area contributed by atoms with Crippen LogP contribution in [-0.4, -0.2) is 29.8 Å². The summed E-state index contributed by atoms with van der Waals surface area (Å²) in [4.78, 5) is 25.6. The van der Waals surface area contributed by atoms with Crippen LogP contribution >= 0.6 is 0 Å². The molecule has 16 heavy (non-hydrogen) atoms. The summed E-state index contributed by atoms with van der Waals surface area (Å²) in [6.07, 6.45) is 0. The van der Waals surface area contributed by atoms with E-state index in [0.29, 0.717) is 0 Å². The molecule has 0 saturated heterocycles. The maximum atomic E-state index is 11.6. The van der Waals surface area contributed by atoms with Crippen molar-refractivity contribution in [2.45, 2.75) is 0 Å². The molecule has 0 bridgehead atoms. The minimum absolute atomic E-state index is 0.0123. The quantitative estimate of drug-likeness (QED) is 0.432. The van der Waals surface area contributed by atoms with Gasteiger partial charge >= 0.3 is 11.4 Å². The number of carbonyl (C=O) groups is 1. The van der Waals surface area contributed by atoms with Gasteiger partial charge in [-0.3, -0.25) is 14.9 Å². The fourth-order valence-corrected chi connectivity index (χ4v) is 1.20. The van der Waals surface area contributed by atoms with Gasteiger partial charge in [-0.05, 0) is 6.07 Å². The smallest absolute Gasteiger partial charge is 0.345 e. The van der Waals surface area contributed by atoms with E-state index in [9.17, 15) is 14.9 Å². The van der Waals surface area contributed by atoms with Crippen molar-refractivity contribution < 1.29 is 9.72 Å². The minimum Gasteiger partial charge on any atom is -0.345 e. The first-order valence-corrected chi connectivity index (χ1v) is 4.33. The average molecular weight is 221 g/mol. The highest BCUT2D eigenvalue weighted by Gasteiger charge is 2.32. The molecule has 0 aliphatic heterocycles. The highest BCUT2D eigenvalue weighted by Crippen LogP contribution is 2.31. The molecule has 1 aromatic carbocycles. The lowest BCUT2D eigenvalue weighted by Crippen LogP contribution is -2.21. The maximum Gasteiger partial charge on any atom is 0.473 e. The lowest BCUT2D eigenvalue weighted by Gasteiger charge is -2.07. The van der Waals surface area contributed by atoms with Crippen LogP contribution in [0.4, 0.5) is 11.4 Å². The Balaban J connectivity index is 3.43. The van der Waals surface area contributed by atoms with Crippen LogP contribution in [0.1, 0.15) is 10.4 Å². The van der Waals surface area contributed by atoms with Crippen LogP contribution in [0, 0.1) is 15.5 Å². The number of hydrogen-bond acceptors (Lipinski definition) is 4. The van der Waals surface area contributed by atoms with Gasteiger partial charge in [0.05, 0.1) is 4.92 Å². The second-order valence-corrected chi connectivity index (χ2v) is 3.23. The molecule has 0 spiro atoms. The number of diazo groups is 1. The Hall–Kier alpha value is -2.49. The molecule has 1 amide bonds. The topological polar surface area (TPSA) is 91.6 Å². The SMILES string of the molecule is CN(C)C(=O)c1cccc([N+](=O)[O-])c1[N+]#N. The molecule has 0 fully saturated rings. The summed E-state index contributed by atoms with van der Waals surface area (Å²) in [5.41, 5.74) is -0.747. The predicted octanol–water partition coefficient (Wildman–Crippen LogP) is 1.78. The summed E-state index contributed by atoms with van der Waals surface area (Å²) in [6, 6.07) is 3.90. The number of benzene rings is 1. The van der Waals surface area contributed by atoms with Gasteiger partial charge in [0.2, 0.25) is 5.39 Å². The third kappa shape index (κ3) is 1.95. The number of amides is 1. The Bertz CT molecular complexity index is 490. The first kappa shape index (κ1) is 11.6. The largest absolute Gasteiger partial charge is 0.473 e. The Labute approximate surface area is 91.1 Å². The van der Waals surface area contributed by atoms with Crippen LogP contribution in [0.5, 0.6) is 0 Å². The average Bonchev–Trinajstić information content (AvgIpc) is 2.26. The fraction of sp³-hybridized carbons (Fsp3) is 0.222. The van der Waals surface area contributed by atoms with Crippen molar-refractivity contribution >= 4 is 17.3 Å². The van der Waals surface area contributed by atoms with Gasteiger partial charge in [0.25, 0.3) is 5.91 Å². The summed E-state index contributed by atoms with van der Waals surface area (Å²) in [5, 5.41) is 19.4. The third-order valence-electron chi connectivity index (χ3n) is 1.95. The first-order chi connectivity index (χ1) is 7.49. The summed E-state index contributed by atoms with van der Waals surface area (Å²) < 4.78 is 0. The Morgan fingerprint density at radius 1 is 1.50 bits per heavy atom. The van der Waals surface area contributed by atoms with Gasteiger partial charge in [-0.25, -0.2) is 0 Å². The van der Waals surface area contributed by atoms with E-state index >= 15 is 0 Å². The highest BCUT2D eigenvalue weighted by molar-refractivity contribution is 6.01. The molecule has 0 N–H and O–H groups in total. The predicted molar refractivity (Wildman–Crippen MR) is 55.9 cm³/mol. The van der Waals surface area contributed by atoms with Gasteiger partial charge in [0.1, 0.15) is 5.56 Å². The number of rotatable bonds is 2. The van der Waals surface area contributed by atoms with Crippen molar-refractivity contribution in [3.8, 4) is 0 Å². The minimum atomic E-state index is -0.707. The first-order valence-electron chi connectivity index (χ1n) is 4.33. The van der Waals surface area contributed by atoms with Gasteiger partial charge < -0.3 is 4.90 Å². The zero-order valence-corrected chi connectivity index (χ0v) is 8.75. The lowest BCUT2D eigenvalue weighted by molar-refractivity contribution is -0.383. The highest BCUT2D eigenvalue weighted by atomic mass is 16.6. The lowest BCUT2D eigenvalue weighted by atomic mass is 10.1. The van der Waals surface area contributed by atoms with Crippen molar-refractivity contribution in [3.05, 3.63) is 38.9 Å². The van der Waals surface area contributed by atoms with Crippen LogP contribution in [0.25, 0.3) is 4.98 Å². The van der Waals surface area contributed by atoms with Gasteiger partial charge in [-0.2, -0.15) is 0 Å². The van der Waals surface area contributed by atoms with Crippen molar-refractivity contribution in [3.63, 3.8) is 0 Å². The summed E-state index contributed by atoms with van der Waals surface area (Å²) in [7, 11) is 3.00. The standard InChI is InChI=1S/C9H9N4O3/c1-12(2)9(14)6-4-3-5-7(13(15)16)8(6)11-10/h3-5H,1-2H3/q+1. The van der Waals surface area contributed by atoms with Crippen LogP contribution < -0.4 is 0 Å². The molecule has 0 radical (unpaired) electrons. The molecule has 0 aromatic heterocycles. The molecule has 0 aliphatic carbocycles. The van der Waals surface area contributed by atoms with Gasteiger partial charge in [-0.1, -0.05) is 6.07 Å². The van der Waals surface area contributed by atoms with E-state index in [-0.39, 0.29) is 11.3 Å². The second kappa shape index (κ2) is 4.35. The second-order valence-electron chi connectivity index (χ2n) is 3.23. The number of nitro benzene ring substituents is 1. The number of nitro groups is 1. The zero-order chi connectivity index (χ0) is 12.3. The van der Waals surface area contributed by atoms with E-state index in [0.717, 1.165) is 0 Å². The molecule has 7 nitrogen and oxygen atoms in total. The van der Waals surface area contributed by atoms with E-state index in [1.54, 1.807) is 0 Å². The van der Waals surface area contributed by atoms with E-state index in [2.05, 4.69) is 4.98 Å². The Morgan fingerprint density at radius 3 is 2.56 bits per heavy atom. The molecule has 0 saturated carbocycles. The monoisotopic (exact) mass is 221 g/mol. The van der Waals surface area contributed by atoms with Gasteiger partial charge in [-0.15, -0.1) is 0 Å². The number of carbonyl (C=O) groups excluding carboxylic acids is 1. The van der Waals surface area contributed by atoms with E-state index in [1.165, 1.54) is 37.2 Å². The number of hydrogen-bond donors (Lipinski definition) is 0. The van der Waals surface area contributed by atoms with Crippen LogP contribution in [0.15, 0.2) is 18.2 Å². The molecule has 0 aliphatic rings. The molecule has 1 aromatic rings. The van der Waals surface area contributed by atoms with Crippen molar-refractivity contribution in [2.24, 2.45) is 0 Å². The van der Waals surface area contributed by atoms with Gasteiger partial charge in [0, 0.05) is 20.2 Å². The molecule has 7 heteroatoms. The van der Waals surface area contributed by atoms with Crippen molar-refractivity contribution in [1.82, 2.24) is 4.90 Å². The van der Waals surface area contributed by atoms with Crippen LogP contribution in [0.3, 0.4) is 0 Å². The molecule has 0 heterocycles. The third-order valence-corrected chi connectivity index (χ3v) is 1.95. The summed E-state index contributed by atoms with van der Waals surface area (Å²) in [5.74, 6) is -0.462. The molecule has 1 rings (SSSR count). The van der Waals surface area contributed by atoms with E-state index in [1.807, 2.05) is 0 Å². The Morgan fingerprint density at radius 2 is 2.12 bits per heavy atom. The van der Waals surface area contributed by atoms with Crippen LogP contribution in [0.2, 0.25) is 0 Å². The molecule has 82 valence electrons. The summed E-state index contributed by atoms with van der Waals surface area (Å²) >= 11 is 0. The molecular formula is C9H9N4O3+. The maximum absolute atomic E-state index is 11.6. The number of nitrogens with zero attached hydrogens (tertiary/aromatic N) is 4. The van der Waals surface area contributed by atoms with Crippen LogP contribution in [-0.2, 0) is 0 Å². The zero-order valence-electron chi connectivity index (χ0n) is 8.75. The van der Waals surface area contributed by atoms with Gasteiger partial charge in [0.15, 0.2) is 4.98 Å².